The Morgan fingerprint density at radius 2 is 1.92 bits per heavy atom. The number of aromatic nitrogens is 1. The highest BCUT2D eigenvalue weighted by Gasteiger charge is 2.20. The van der Waals surface area contributed by atoms with Gasteiger partial charge in [-0.05, 0) is 43.2 Å². The van der Waals surface area contributed by atoms with E-state index in [-0.39, 0.29) is 23.4 Å². The van der Waals surface area contributed by atoms with Gasteiger partial charge in [0, 0.05) is 36.5 Å². The van der Waals surface area contributed by atoms with Gasteiger partial charge in [-0.3, -0.25) is 9.78 Å². The summed E-state index contributed by atoms with van der Waals surface area (Å²) in [5.74, 6) is -0.220. The average Bonchev–Trinajstić information content (AvgIpc) is 3.15. The van der Waals surface area contributed by atoms with Gasteiger partial charge in [0.05, 0.1) is 4.90 Å². The van der Waals surface area contributed by atoms with Crippen LogP contribution in [0.5, 0.6) is 0 Å². The number of rotatable bonds is 7. The molecule has 1 fully saturated rings. The van der Waals surface area contributed by atoms with Gasteiger partial charge in [-0.15, -0.1) is 0 Å². The zero-order chi connectivity index (χ0) is 18.4. The monoisotopic (exact) mass is 373 g/mol. The van der Waals surface area contributed by atoms with Crippen LogP contribution in [0.2, 0.25) is 0 Å². The number of carbonyl (C=O) groups is 1. The molecule has 1 amide bonds. The maximum Gasteiger partial charge on any atom is 0.251 e. The molecule has 1 aromatic carbocycles. The van der Waals surface area contributed by atoms with Gasteiger partial charge in [0.1, 0.15) is 0 Å². The molecule has 0 saturated heterocycles. The summed E-state index contributed by atoms with van der Waals surface area (Å²) >= 11 is 0. The standard InChI is InChI=1S/C19H23N3O3S/c23-19(22-17-8-1-2-9-17)15-6-5-10-18(14-15)26(24,25)21-13-11-16-7-3-4-12-20-16/h3-7,10,12,14,17,21H,1-2,8-9,11,13H2,(H,22,23). The molecular weight excluding hydrogens is 350 g/mol. The average molecular weight is 373 g/mol. The van der Waals surface area contributed by atoms with Crippen molar-refractivity contribution >= 4 is 15.9 Å². The molecule has 0 aliphatic heterocycles. The molecule has 2 N–H and O–H groups in total. The van der Waals surface area contributed by atoms with Crippen molar-refractivity contribution in [3.05, 3.63) is 59.9 Å². The second-order valence-corrected chi connectivity index (χ2v) is 8.22. The van der Waals surface area contributed by atoms with E-state index in [1.165, 1.54) is 12.1 Å². The fourth-order valence-electron chi connectivity index (χ4n) is 3.09. The second kappa shape index (κ2) is 8.42. The van der Waals surface area contributed by atoms with Crippen molar-refractivity contribution in [1.82, 2.24) is 15.0 Å². The molecule has 1 aromatic heterocycles. The normalized spacial score (nSPS) is 15.1. The summed E-state index contributed by atoms with van der Waals surface area (Å²) in [5.41, 5.74) is 1.18. The molecule has 26 heavy (non-hydrogen) atoms. The van der Waals surface area contributed by atoms with Gasteiger partial charge in [-0.25, -0.2) is 13.1 Å². The number of hydrogen-bond donors (Lipinski definition) is 2. The number of pyridine rings is 1. The lowest BCUT2D eigenvalue weighted by molar-refractivity contribution is 0.0937. The number of sulfonamides is 1. The van der Waals surface area contributed by atoms with Crippen LogP contribution >= 0.6 is 0 Å². The van der Waals surface area contributed by atoms with Crippen molar-refractivity contribution in [3.8, 4) is 0 Å². The van der Waals surface area contributed by atoms with E-state index in [2.05, 4.69) is 15.0 Å². The molecular formula is C19H23N3O3S. The number of carbonyl (C=O) groups excluding carboxylic acids is 1. The van der Waals surface area contributed by atoms with E-state index in [9.17, 15) is 13.2 Å². The lowest BCUT2D eigenvalue weighted by atomic mass is 10.2. The largest absolute Gasteiger partial charge is 0.349 e. The van der Waals surface area contributed by atoms with Crippen LogP contribution in [-0.2, 0) is 16.4 Å². The van der Waals surface area contributed by atoms with Gasteiger partial charge < -0.3 is 5.32 Å². The highest BCUT2D eigenvalue weighted by molar-refractivity contribution is 7.89. The summed E-state index contributed by atoms with van der Waals surface area (Å²) < 4.78 is 27.5. The highest BCUT2D eigenvalue weighted by Crippen LogP contribution is 2.18. The first-order valence-electron chi connectivity index (χ1n) is 8.85. The number of nitrogens with one attached hydrogen (secondary N) is 2. The van der Waals surface area contributed by atoms with E-state index < -0.39 is 10.0 Å². The smallest absolute Gasteiger partial charge is 0.251 e. The lowest BCUT2D eigenvalue weighted by Crippen LogP contribution is -2.33. The molecule has 1 saturated carbocycles. The molecule has 7 heteroatoms. The van der Waals surface area contributed by atoms with Crippen LogP contribution in [0.4, 0.5) is 0 Å². The summed E-state index contributed by atoms with van der Waals surface area (Å²) in [6, 6.07) is 11.9. The minimum atomic E-state index is -3.67. The molecule has 6 nitrogen and oxygen atoms in total. The molecule has 0 bridgehead atoms. The molecule has 138 valence electrons. The predicted molar refractivity (Wildman–Crippen MR) is 99.3 cm³/mol. The fourth-order valence-corrected chi connectivity index (χ4v) is 4.16. The fraction of sp³-hybridized carbons (Fsp3) is 0.368. The molecule has 2 aromatic rings. The third-order valence-electron chi connectivity index (χ3n) is 4.50. The van der Waals surface area contributed by atoms with Gasteiger partial charge in [0.2, 0.25) is 10.0 Å². The topological polar surface area (TPSA) is 88.2 Å². The summed E-state index contributed by atoms with van der Waals surface area (Å²) in [6.45, 7) is 0.248. The Hall–Kier alpha value is -2.25. The highest BCUT2D eigenvalue weighted by atomic mass is 32.2. The minimum absolute atomic E-state index is 0.0950. The van der Waals surface area contributed by atoms with Crippen molar-refractivity contribution in [2.24, 2.45) is 0 Å². The van der Waals surface area contributed by atoms with Crippen LogP contribution in [-0.4, -0.2) is 31.9 Å². The summed E-state index contributed by atoms with van der Waals surface area (Å²) in [4.78, 5) is 16.6. The van der Waals surface area contributed by atoms with Crippen LogP contribution in [0.25, 0.3) is 0 Å². The summed E-state index contributed by atoms with van der Waals surface area (Å²) in [6.07, 6.45) is 6.40. The number of nitrogens with zero attached hydrogens (tertiary/aromatic N) is 1. The zero-order valence-corrected chi connectivity index (χ0v) is 15.3. The van der Waals surface area contributed by atoms with Gasteiger partial charge in [-0.2, -0.15) is 0 Å². The maximum absolute atomic E-state index is 12.5. The van der Waals surface area contributed by atoms with Crippen molar-refractivity contribution in [2.45, 2.75) is 43.0 Å². The third kappa shape index (κ3) is 4.89. The SMILES string of the molecule is O=C(NC1CCCC1)c1cccc(S(=O)(=O)NCCc2ccccn2)c1. The molecule has 0 atom stereocenters. The van der Waals surface area contributed by atoms with E-state index in [1.54, 1.807) is 18.3 Å². The van der Waals surface area contributed by atoms with E-state index in [4.69, 9.17) is 0 Å². The first kappa shape index (κ1) is 18.5. The lowest BCUT2D eigenvalue weighted by Gasteiger charge is -2.13. The van der Waals surface area contributed by atoms with E-state index in [0.717, 1.165) is 31.4 Å². The van der Waals surface area contributed by atoms with Crippen molar-refractivity contribution in [1.29, 1.82) is 0 Å². The quantitative estimate of drug-likeness (QED) is 0.779. The van der Waals surface area contributed by atoms with Gasteiger partial charge in [0.25, 0.3) is 5.91 Å². The van der Waals surface area contributed by atoms with Gasteiger partial charge >= 0.3 is 0 Å². The van der Waals surface area contributed by atoms with Crippen LogP contribution in [0.3, 0.4) is 0 Å². The Bertz CT molecular complexity index is 847. The van der Waals surface area contributed by atoms with Gasteiger partial charge in [-0.1, -0.05) is 25.0 Å². The van der Waals surface area contributed by atoms with E-state index in [1.807, 2.05) is 18.2 Å². The predicted octanol–water partition coefficient (Wildman–Crippen LogP) is 2.28. The second-order valence-electron chi connectivity index (χ2n) is 6.45. The van der Waals surface area contributed by atoms with Crippen LogP contribution in [0, 0.1) is 0 Å². The Labute approximate surface area is 154 Å². The van der Waals surface area contributed by atoms with E-state index >= 15 is 0 Å². The molecule has 0 radical (unpaired) electrons. The van der Waals surface area contributed by atoms with Crippen molar-refractivity contribution < 1.29 is 13.2 Å². The van der Waals surface area contributed by atoms with Crippen LogP contribution in [0.1, 0.15) is 41.7 Å². The first-order chi connectivity index (χ1) is 12.5. The molecule has 1 heterocycles. The van der Waals surface area contributed by atoms with Crippen molar-refractivity contribution in [3.63, 3.8) is 0 Å². The molecule has 3 rings (SSSR count). The Balaban J connectivity index is 1.62. The number of benzene rings is 1. The molecule has 1 aliphatic carbocycles. The first-order valence-corrected chi connectivity index (χ1v) is 10.3. The van der Waals surface area contributed by atoms with Gasteiger partial charge in [0.15, 0.2) is 0 Å². The molecule has 0 spiro atoms. The Morgan fingerprint density at radius 3 is 2.65 bits per heavy atom. The number of hydrogen-bond acceptors (Lipinski definition) is 4. The van der Waals surface area contributed by atoms with Crippen LogP contribution < -0.4 is 10.0 Å². The molecule has 1 aliphatic rings. The Kier molecular flexibility index (Phi) is 6.00. The van der Waals surface area contributed by atoms with Crippen molar-refractivity contribution in [2.75, 3.05) is 6.54 Å². The summed E-state index contributed by atoms with van der Waals surface area (Å²) in [7, 11) is -3.67. The minimum Gasteiger partial charge on any atom is -0.349 e. The Morgan fingerprint density at radius 1 is 1.12 bits per heavy atom. The third-order valence-corrected chi connectivity index (χ3v) is 5.95. The maximum atomic E-state index is 12.5. The number of amides is 1. The van der Waals surface area contributed by atoms with E-state index in [0.29, 0.717) is 12.0 Å². The molecule has 0 unspecified atom stereocenters. The van der Waals surface area contributed by atoms with Crippen LogP contribution in [0.15, 0.2) is 53.6 Å². The zero-order valence-electron chi connectivity index (χ0n) is 14.5. The summed E-state index contributed by atoms with van der Waals surface area (Å²) in [5, 5.41) is 2.98.